The molecule has 2 amide bonds. The molecule has 3 rings (SSSR count). The number of hydrogen-bond donors (Lipinski definition) is 3. The predicted molar refractivity (Wildman–Crippen MR) is 99.8 cm³/mol. The number of nitrogens with zero attached hydrogens (tertiary/aromatic N) is 2. The van der Waals surface area contributed by atoms with Gasteiger partial charge < -0.3 is 10.6 Å². The van der Waals surface area contributed by atoms with Gasteiger partial charge >= 0.3 is 0 Å². The number of pyridine rings is 1. The second-order valence-corrected chi connectivity index (χ2v) is 5.95. The van der Waals surface area contributed by atoms with Crippen LogP contribution in [0.25, 0.3) is 10.8 Å². The lowest BCUT2D eigenvalue weighted by atomic mass is 10.1. The van der Waals surface area contributed by atoms with Crippen molar-refractivity contribution in [3.8, 4) is 0 Å². The van der Waals surface area contributed by atoms with Gasteiger partial charge in [0.2, 0.25) is 11.8 Å². The van der Waals surface area contributed by atoms with Gasteiger partial charge in [-0.15, -0.1) is 0 Å². The van der Waals surface area contributed by atoms with Crippen LogP contribution in [0.4, 0.5) is 0 Å². The van der Waals surface area contributed by atoms with Crippen LogP contribution in [-0.4, -0.2) is 33.5 Å². The summed E-state index contributed by atoms with van der Waals surface area (Å²) in [5, 5.41) is 13.0. The largest absolute Gasteiger partial charge is 0.355 e. The van der Waals surface area contributed by atoms with E-state index >= 15 is 0 Å². The van der Waals surface area contributed by atoms with Crippen molar-refractivity contribution in [3.63, 3.8) is 0 Å². The van der Waals surface area contributed by atoms with E-state index in [0.29, 0.717) is 23.0 Å². The van der Waals surface area contributed by atoms with Gasteiger partial charge in [-0.25, -0.2) is 5.10 Å². The average Bonchev–Trinajstić information content (AvgIpc) is 2.69. The number of fused-ring (bicyclic) bond motifs is 1. The summed E-state index contributed by atoms with van der Waals surface area (Å²) in [6.07, 6.45) is 3.53. The Morgan fingerprint density at radius 1 is 0.963 bits per heavy atom. The van der Waals surface area contributed by atoms with Crippen molar-refractivity contribution in [3.05, 3.63) is 70.4 Å². The molecule has 8 nitrogen and oxygen atoms in total. The van der Waals surface area contributed by atoms with E-state index < -0.39 is 0 Å². The molecule has 0 spiro atoms. The van der Waals surface area contributed by atoms with Crippen molar-refractivity contribution >= 4 is 22.6 Å². The van der Waals surface area contributed by atoms with Crippen LogP contribution in [0.15, 0.2) is 53.6 Å². The molecule has 0 bridgehead atoms. The van der Waals surface area contributed by atoms with Crippen LogP contribution in [-0.2, 0) is 22.6 Å². The van der Waals surface area contributed by atoms with Gasteiger partial charge in [0.25, 0.3) is 5.56 Å². The first-order valence-corrected chi connectivity index (χ1v) is 8.52. The number of nitrogens with one attached hydrogen (secondary N) is 3. The molecule has 1 aromatic carbocycles. The minimum absolute atomic E-state index is 0.0237. The van der Waals surface area contributed by atoms with E-state index in [0.717, 1.165) is 5.56 Å². The molecule has 0 aliphatic heterocycles. The van der Waals surface area contributed by atoms with E-state index in [2.05, 4.69) is 25.8 Å². The summed E-state index contributed by atoms with van der Waals surface area (Å²) in [4.78, 5) is 39.6. The van der Waals surface area contributed by atoms with E-state index in [9.17, 15) is 14.4 Å². The lowest BCUT2D eigenvalue weighted by Crippen LogP contribution is -2.31. The van der Waals surface area contributed by atoms with E-state index in [1.54, 1.807) is 36.7 Å². The van der Waals surface area contributed by atoms with E-state index in [1.165, 1.54) is 0 Å². The Bertz CT molecular complexity index is 1000. The molecule has 8 heteroatoms. The third kappa shape index (κ3) is 4.97. The number of carbonyl (C=O) groups is 2. The molecule has 0 radical (unpaired) electrons. The van der Waals surface area contributed by atoms with Crippen molar-refractivity contribution < 1.29 is 9.59 Å². The molecular formula is C19H19N5O3. The van der Waals surface area contributed by atoms with Gasteiger partial charge in [-0.05, 0) is 23.8 Å². The molecule has 3 N–H and O–H groups in total. The van der Waals surface area contributed by atoms with Crippen LogP contribution in [0.3, 0.4) is 0 Å². The molecule has 0 unspecified atom stereocenters. The minimum atomic E-state index is -0.291. The second kappa shape index (κ2) is 8.70. The van der Waals surface area contributed by atoms with Crippen molar-refractivity contribution in [2.75, 3.05) is 6.54 Å². The molecule has 0 aliphatic rings. The summed E-state index contributed by atoms with van der Waals surface area (Å²) in [7, 11) is 0. The first-order chi connectivity index (χ1) is 13.1. The summed E-state index contributed by atoms with van der Waals surface area (Å²) in [5.41, 5.74) is 1.16. The molecule has 0 atom stereocenters. The molecule has 27 heavy (non-hydrogen) atoms. The summed E-state index contributed by atoms with van der Waals surface area (Å²) in [6, 6.07) is 10.6. The highest BCUT2D eigenvalue weighted by molar-refractivity contribution is 5.88. The zero-order valence-electron chi connectivity index (χ0n) is 14.6. The van der Waals surface area contributed by atoms with Gasteiger partial charge in [-0.2, -0.15) is 5.10 Å². The predicted octanol–water partition coefficient (Wildman–Crippen LogP) is 0.683. The average molecular weight is 365 g/mol. The molecule has 2 aromatic heterocycles. The SMILES string of the molecule is O=C(CCNC(=O)Cc1n[nH]c(=O)c2ccccc12)NCc1ccncc1. The Hall–Kier alpha value is -3.55. The van der Waals surface area contributed by atoms with E-state index in [4.69, 9.17) is 0 Å². The van der Waals surface area contributed by atoms with Gasteiger partial charge in [-0.3, -0.25) is 19.4 Å². The number of H-pyrrole nitrogens is 1. The van der Waals surface area contributed by atoms with Crippen molar-refractivity contribution in [2.45, 2.75) is 19.4 Å². The number of carbonyl (C=O) groups excluding carboxylic acids is 2. The maximum atomic E-state index is 12.1. The highest BCUT2D eigenvalue weighted by atomic mass is 16.2. The van der Waals surface area contributed by atoms with Gasteiger partial charge in [-0.1, -0.05) is 18.2 Å². The lowest BCUT2D eigenvalue weighted by Gasteiger charge is -2.08. The standard InChI is InChI=1S/C19H19N5O3/c25-17(22-12-13-5-8-20-9-6-13)7-10-21-18(26)11-16-14-3-1-2-4-15(14)19(27)24-23-16/h1-6,8-9H,7,10-12H2,(H,21,26)(H,22,25)(H,24,27). The topological polar surface area (TPSA) is 117 Å². The molecule has 0 saturated heterocycles. The van der Waals surface area contributed by atoms with Crippen LogP contribution in [0, 0.1) is 0 Å². The Morgan fingerprint density at radius 2 is 1.70 bits per heavy atom. The summed E-state index contributed by atoms with van der Waals surface area (Å²) >= 11 is 0. The molecule has 0 aliphatic carbocycles. The van der Waals surface area contributed by atoms with Gasteiger partial charge in [0.1, 0.15) is 0 Å². The van der Waals surface area contributed by atoms with Crippen LogP contribution in [0.2, 0.25) is 0 Å². The number of rotatable bonds is 7. The third-order valence-corrected chi connectivity index (χ3v) is 4.02. The van der Waals surface area contributed by atoms with Crippen LogP contribution < -0.4 is 16.2 Å². The highest BCUT2D eigenvalue weighted by Crippen LogP contribution is 2.12. The quantitative estimate of drug-likeness (QED) is 0.569. The maximum absolute atomic E-state index is 12.1. The molecule has 138 valence electrons. The fourth-order valence-corrected chi connectivity index (χ4v) is 2.63. The van der Waals surface area contributed by atoms with Crippen molar-refractivity contribution in [1.29, 1.82) is 0 Å². The van der Waals surface area contributed by atoms with E-state index in [-0.39, 0.29) is 36.8 Å². The Balaban J connectivity index is 1.47. The smallest absolute Gasteiger partial charge is 0.272 e. The van der Waals surface area contributed by atoms with Gasteiger partial charge in [0, 0.05) is 37.3 Å². The van der Waals surface area contributed by atoms with E-state index in [1.807, 2.05) is 12.1 Å². The van der Waals surface area contributed by atoms with Crippen LogP contribution >= 0.6 is 0 Å². The van der Waals surface area contributed by atoms with Crippen molar-refractivity contribution in [2.24, 2.45) is 0 Å². The van der Waals surface area contributed by atoms with Gasteiger partial charge in [0.15, 0.2) is 0 Å². The van der Waals surface area contributed by atoms with Crippen molar-refractivity contribution in [1.82, 2.24) is 25.8 Å². The second-order valence-electron chi connectivity index (χ2n) is 5.95. The number of aromatic nitrogens is 3. The summed E-state index contributed by atoms with van der Waals surface area (Å²) < 4.78 is 0. The number of benzene rings is 1. The molecule has 3 aromatic rings. The first-order valence-electron chi connectivity index (χ1n) is 8.52. The van der Waals surface area contributed by atoms with Gasteiger partial charge in [0.05, 0.1) is 17.5 Å². The summed E-state index contributed by atoms with van der Waals surface area (Å²) in [5.74, 6) is -0.415. The van der Waals surface area contributed by atoms with Crippen LogP contribution in [0.5, 0.6) is 0 Å². The third-order valence-electron chi connectivity index (χ3n) is 4.02. The number of aromatic amines is 1. The minimum Gasteiger partial charge on any atom is -0.355 e. The lowest BCUT2D eigenvalue weighted by molar-refractivity contribution is -0.122. The molecular weight excluding hydrogens is 346 g/mol. The molecule has 0 fully saturated rings. The van der Waals surface area contributed by atoms with Crippen LogP contribution in [0.1, 0.15) is 17.7 Å². The number of hydrogen-bond acceptors (Lipinski definition) is 5. The number of amides is 2. The summed E-state index contributed by atoms with van der Waals surface area (Å²) in [6.45, 7) is 0.644. The Kier molecular flexibility index (Phi) is 5.88. The zero-order chi connectivity index (χ0) is 19.1. The maximum Gasteiger partial charge on any atom is 0.272 e. The fraction of sp³-hybridized carbons (Fsp3) is 0.211. The highest BCUT2D eigenvalue weighted by Gasteiger charge is 2.11. The Labute approximate surface area is 155 Å². The zero-order valence-corrected chi connectivity index (χ0v) is 14.6. The molecule has 0 saturated carbocycles. The first kappa shape index (κ1) is 18.2. The Morgan fingerprint density at radius 3 is 2.48 bits per heavy atom. The fourth-order valence-electron chi connectivity index (χ4n) is 2.63. The molecule has 2 heterocycles. The normalized spacial score (nSPS) is 10.5. The monoisotopic (exact) mass is 365 g/mol.